The summed E-state index contributed by atoms with van der Waals surface area (Å²) in [5.74, 6) is 1.03. The van der Waals surface area contributed by atoms with E-state index < -0.39 is 17.6 Å². The number of esters is 1. The molecule has 0 spiro atoms. The summed E-state index contributed by atoms with van der Waals surface area (Å²) >= 11 is 0. The Morgan fingerprint density at radius 3 is 2.05 bits per heavy atom. The molecule has 0 aliphatic heterocycles. The van der Waals surface area contributed by atoms with Gasteiger partial charge < -0.3 is 20.1 Å². The normalized spacial score (nSPS) is 13.3. The predicted molar refractivity (Wildman–Crippen MR) is 149 cm³/mol. The second-order valence-electron chi connectivity index (χ2n) is 11.5. The molecule has 0 radical (unpaired) electrons. The van der Waals surface area contributed by atoms with Crippen LogP contribution in [0.3, 0.4) is 0 Å². The van der Waals surface area contributed by atoms with Crippen LogP contribution in [0, 0.1) is 11.8 Å². The minimum absolute atomic E-state index is 0.170. The molecule has 0 aliphatic rings. The predicted octanol–water partition coefficient (Wildman–Crippen LogP) is 5.69. The SMILES string of the molecule is CC(C)CCN[C@@H](CC(C)C)C(=O)N[C@@H](Cc1ccc(OCc2ccccc2)cc1)C(=O)OC(C)(C)C. The van der Waals surface area contributed by atoms with Crippen LogP contribution in [-0.2, 0) is 27.4 Å². The zero-order valence-corrected chi connectivity index (χ0v) is 23.7. The highest BCUT2D eigenvalue weighted by Gasteiger charge is 2.29. The first-order chi connectivity index (χ1) is 17.4. The Morgan fingerprint density at radius 1 is 0.838 bits per heavy atom. The Bertz CT molecular complexity index is 949. The van der Waals surface area contributed by atoms with Gasteiger partial charge in [0, 0.05) is 6.42 Å². The van der Waals surface area contributed by atoms with Crippen molar-refractivity contribution in [2.75, 3.05) is 6.54 Å². The zero-order chi connectivity index (χ0) is 27.4. The van der Waals surface area contributed by atoms with Crippen LogP contribution >= 0.6 is 0 Å². The van der Waals surface area contributed by atoms with Gasteiger partial charge in [-0.25, -0.2) is 4.79 Å². The van der Waals surface area contributed by atoms with E-state index in [4.69, 9.17) is 9.47 Å². The van der Waals surface area contributed by atoms with Gasteiger partial charge in [0.25, 0.3) is 0 Å². The molecule has 6 heteroatoms. The first-order valence-corrected chi connectivity index (χ1v) is 13.4. The number of rotatable bonds is 14. The van der Waals surface area contributed by atoms with Crippen LogP contribution < -0.4 is 15.4 Å². The van der Waals surface area contributed by atoms with Crippen molar-refractivity contribution in [3.63, 3.8) is 0 Å². The van der Waals surface area contributed by atoms with Gasteiger partial charge in [0.1, 0.15) is 24.0 Å². The van der Waals surface area contributed by atoms with Crippen molar-refractivity contribution in [1.29, 1.82) is 0 Å². The van der Waals surface area contributed by atoms with Crippen molar-refractivity contribution >= 4 is 11.9 Å². The smallest absolute Gasteiger partial charge is 0.329 e. The molecule has 2 aromatic rings. The first-order valence-electron chi connectivity index (χ1n) is 13.4. The van der Waals surface area contributed by atoms with E-state index in [1.165, 1.54) is 0 Å². The monoisotopic (exact) mass is 510 g/mol. The molecular weight excluding hydrogens is 464 g/mol. The third-order valence-electron chi connectivity index (χ3n) is 5.76. The Hall–Kier alpha value is -2.86. The lowest BCUT2D eigenvalue weighted by Gasteiger charge is -2.27. The minimum atomic E-state index is -0.788. The highest BCUT2D eigenvalue weighted by molar-refractivity contribution is 5.87. The molecule has 2 rings (SSSR count). The molecule has 0 aromatic heterocycles. The molecule has 2 atom stereocenters. The summed E-state index contributed by atoms with van der Waals surface area (Å²) in [5, 5.41) is 6.38. The summed E-state index contributed by atoms with van der Waals surface area (Å²) in [6.07, 6.45) is 2.01. The van der Waals surface area contributed by atoms with Gasteiger partial charge in [-0.2, -0.15) is 0 Å². The van der Waals surface area contributed by atoms with E-state index >= 15 is 0 Å². The lowest BCUT2D eigenvalue weighted by molar-refractivity contribution is -0.158. The van der Waals surface area contributed by atoms with E-state index in [-0.39, 0.29) is 11.9 Å². The van der Waals surface area contributed by atoms with Crippen LogP contribution in [0.25, 0.3) is 0 Å². The average molecular weight is 511 g/mol. The van der Waals surface area contributed by atoms with Gasteiger partial charge in [-0.1, -0.05) is 70.2 Å². The van der Waals surface area contributed by atoms with E-state index in [0.29, 0.717) is 31.3 Å². The van der Waals surface area contributed by atoms with Gasteiger partial charge >= 0.3 is 5.97 Å². The number of benzene rings is 2. The lowest BCUT2D eigenvalue weighted by atomic mass is 10.0. The largest absolute Gasteiger partial charge is 0.489 e. The summed E-state index contributed by atoms with van der Waals surface area (Å²) in [5.41, 5.74) is 1.36. The quantitative estimate of drug-likeness (QED) is 0.320. The van der Waals surface area contributed by atoms with Crippen LogP contribution in [0.2, 0.25) is 0 Å². The first kappa shape index (κ1) is 30.4. The van der Waals surface area contributed by atoms with E-state index in [9.17, 15) is 9.59 Å². The molecule has 204 valence electrons. The number of nitrogens with one attached hydrogen (secondary N) is 2. The Kier molecular flexibility index (Phi) is 12.1. The van der Waals surface area contributed by atoms with E-state index in [1.807, 2.05) is 75.4 Å². The van der Waals surface area contributed by atoms with Crippen molar-refractivity contribution in [3.8, 4) is 5.75 Å². The highest BCUT2D eigenvalue weighted by atomic mass is 16.6. The van der Waals surface area contributed by atoms with E-state index in [1.54, 1.807) is 0 Å². The summed E-state index contributed by atoms with van der Waals surface area (Å²) in [7, 11) is 0. The fourth-order valence-electron chi connectivity index (χ4n) is 3.84. The van der Waals surface area contributed by atoms with Crippen molar-refractivity contribution < 1.29 is 19.1 Å². The van der Waals surface area contributed by atoms with E-state index in [2.05, 4.69) is 38.3 Å². The number of ether oxygens (including phenoxy) is 2. The van der Waals surface area contributed by atoms with Gasteiger partial charge in [0.15, 0.2) is 0 Å². The Morgan fingerprint density at radius 2 is 1.49 bits per heavy atom. The molecule has 0 bridgehead atoms. The fraction of sp³-hybridized carbons (Fsp3) is 0.548. The topological polar surface area (TPSA) is 76.7 Å². The maximum atomic E-state index is 13.3. The fourth-order valence-corrected chi connectivity index (χ4v) is 3.84. The molecule has 0 unspecified atom stereocenters. The average Bonchev–Trinajstić information content (AvgIpc) is 2.81. The van der Waals surface area contributed by atoms with Crippen LogP contribution in [-0.4, -0.2) is 36.1 Å². The number of hydrogen-bond donors (Lipinski definition) is 2. The van der Waals surface area contributed by atoms with Gasteiger partial charge in [0.05, 0.1) is 6.04 Å². The van der Waals surface area contributed by atoms with Gasteiger partial charge in [-0.15, -0.1) is 0 Å². The van der Waals surface area contributed by atoms with Crippen LogP contribution in [0.4, 0.5) is 0 Å². The molecule has 0 saturated carbocycles. The summed E-state index contributed by atoms with van der Waals surface area (Å²) in [6, 6.07) is 16.5. The molecule has 1 amide bonds. The minimum Gasteiger partial charge on any atom is -0.489 e. The summed E-state index contributed by atoms with van der Waals surface area (Å²) in [4.78, 5) is 26.4. The van der Waals surface area contributed by atoms with Gasteiger partial charge in [-0.05, 0) is 75.3 Å². The second kappa shape index (κ2) is 14.8. The van der Waals surface area contributed by atoms with Crippen molar-refractivity contribution in [3.05, 3.63) is 65.7 Å². The Balaban J connectivity index is 2.10. The molecule has 2 N–H and O–H groups in total. The standard InChI is InChI=1S/C31H46N2O4/c1-22(2)17-18-32-27(19-23(3)4)29(34)33-28(30(35)37-31(5,6)7)20-24-13-15-26(16-14-24)36-21-25-11-9-8-10-12-25/h8-16,22-23,27-28,32H,17-21H2,1-7H3,(H,33,34)/t27-,28-/m0/s1. The third-order valence-corrected chi connectivity index (χ3v) is 5.76. The lowest BCUT2D eigenvalue weighted by Crippen LogP contribution is -2.52. The summed E-state index contributed by atoms with van der Waals surface area (Å²) < 4.78 is 11.5. The zero-order valence-electron chi connectivity index (χ0n) is 23.7. The van der Waals surface area contributed by atoms with Crippen LogP contribution in [0.1, 0.15) is 72.4 Å². The maximum absolute atomic E-state index is 13.3. The number of carbonyl (C=O) groups is 2. The number of carbonyl (C=O) groups excluding carboxylic acids is 2. The van der Waals surface area contributed by atoms with Gasteiger partial charge in [0.2, 0.25) is 5.91 Å². The Labute approximate surface area is 223 Å². The number of hydrogen-bond acceptors (Lipinski definition) is 5. The molecule has 0 heterocycles. The van der Waals surface area contributed by atoms with Crippen molar-refractivity contribution in [2.24, 2.45) is 11.8 Å². The van der Waals surface area contributed by atoms with Crippen LogP contribution in [0.5, 0.6) is 5.75 Å². The molecule has 2 aromatic carbocycles. The van der Waals surface area contributed by atoms with Crippen molar-refractivity contribution in [1.82, 2.24) is 10.6 Å². The molecule has 6 nitrogen and oxygen atoms in total. The van der Waals surface area contributed by atoms with Crippen LogP contribution in [0.15, 0.2) is 54.6 Å². The number of amides is 1. The molecule has 37 heavy (non-hydrogen) atoms. The second-order valence-corrected chi connectivity index (χ2v) is 11.5. The molecule has 0 aliphatic carbocycles. The highest BCUT2D eigenvalue weighted by Crippen LogP contribution is 2.17. The third kappa shape index (κ3) is 12.3. The van der Waals surface area contributed by atoms with Gasteiger partial charge in [-0.3, -0.25) is 4.79 Å². The maximum Gasteiger partial charge on any atom is 0.329 e. The van der Waals surface area contributed by atoms with Crippen molar-refractivity contribution in [2.45, 2.75) is 92.0 Å². The molecular formula is C31H46N2O4. The molecule has 0 fully saturated rings. The summed E-state index contributed by atoms with van der Waals surface area (Å²) in [6.45, 7) is 15.2. The van der Waals surface area contributed by atoms with E-state index in [0.717, 1.165) is 29.8 Å². The molecule has 0 saturated heterocycles.